The fraction of sp³-hybridized carbons (Fsp3) is 0.462. The molecule has 0 bridgehead atoms. The molecule has 0 aromatic heterocycles. The minimum atomic E-state index is -1.07. The summed E-state index contributed by atoms with van der Waals surface area (Å²) in [6.45, 7) is 0. The molecule has 5 heteroatoms. The van der Waals surface area contributed by atoms with Crippen LogP contribution in [0.15, 0.2) is 18.2 Å². The van der Waals surface area contributed by atoms with Crippen molar-refractivity contribution in [2.45, 2.75) is 12.8 Å². The molecule has 1 aromatic rings. The van der Waals surface area contributed by atoms with Crippen LogP contribution in [-0.2, 0) is 22.0 Å². The van der Waals surface area contributed by atoms with E-state index in [2.05, 4.69) is 0 Å². The Balaban J connectivity index is 2.72. The van der Waals surface area contributed by atoms with Gasteiger partial charge < -0.3 is 9.47 Å². The summed E-state index contributed by atoms with van der Waals surface area (Å²) in [5, 5.41) is 0. The van der Waals surface area contributed by atoms with E-state index in [1.54, 1.807) is 14.2 Å². The first-order valence-electron chi connectivity index (χ1n) is 5.60. The van der Waals surface area contributed by atoms with Crippen molar-refractivity contribution in [3.63, 3.8) is 0 Å². The maximum absolute atomic E-state index is 11.5. The van der Waals surface area contributed by atoms with Gasteiger partial charge in [-0.1, -0.05) is 12.1 Å². The third-order valence-electron chi connectivity index (χ3n) is 2.52. The topological polar surface area (TPSA) is 52.6 Å². The van der Waals surface area contributed by atoms with E-state index in [1.807, 2.05) is 18.2 Å². The van der Waals surface area contributed by atoms with Gasteiger partial charge in [0.25, 0.3) is 0 Å². The molecule has 0 fully saturated rings. The normalized spacial score (nSPS) is 11.9. The van der Waals surface area contributed by atoms with Crippen LogP contribution < -0.4 is 9.47 Å². The number of Topliss-reactive ketones (excluding diaryl/α,β-unsaturated/α-hetero) is 1. The number of benzene rings is 1. The molecular weight excluding hydrogens is 252 g/mol. The van der Waals surface area contributed by atoms with Crippen LogP contribution in [-0.4, -0.2) is 36.2 Å². The SMILES string of the molecule is COc1cccc(CCC(=O)C[S@@](C)=O)c1OC. The molecule has 0 aliphatic rings. The van der Waals surface area contributed by atoms with Gasteiger partial charge in [-0.05, 0) is 18.1 Å². The number of rotatable bonds is 7. The Bertz CT molecular complexity index is 443. The highest BCUT2D eigenvalue weighted by Crippen LogP contribution is 2.31. The Labute approximate surface area is 110 Å². The van der Waals surface area contributed by atoms with E-state index in [-0.39, 0.29) is 11.5 Å². The summed E-state index contributed by atoms with van der Waals surface area (Å²) in [6.07, 6.45) is 2.46. The molecule has 18 heavy (non-hydrogen) atoms. The van der Waals surface area contributed by atoms with Crippen molar-refractivity contribution in [3.8, 4) is 11.5 Å². The van der Waals surface area contributed by atoms with Crippen LogP contribution in [0.1, 0.15) is 12.0 Å². The van der Waals surface area contributed by atoms with Gasteiger partial charge in [-0.3, -0.25) is 9.00 Å². The van der Waals surface area contributed by atoms with Crippen molar-refractivity contribution in [2.24, 2.45) is 0 Å². The Morgan fingerprint density at radius 3 is 2.56 bits per heavy atom. The van der Waals surface area contributed by atoms with Gasteiger partial charge in [0.1, 0.15) is 5.78 Å². The van der Waals surface area contributed by atoms with Gasteiger partial charge in [0, 0.05) is 23.5 Å². The number of carbonyl (C=O) groups excluding carboxylic acids is 1. The van der Waals surface area contributed by atoms with Crippen LogP contribution >= 0.6 is 0 Å². The second-order valence-electron chi connectivity index (χ2n) is 3.91. The van der Waals surface area contributed by atoms with Gasteiger partial charge >= 0.3 is 0 Å². The third kappa shape index (κ3) is 4.14. The summed E-state index contributed by atoms with van der Waals surface area (Å²) in [5.74, 6) is 1.43. The summed E-state index contributed by atoms with van der Waals surface area (Å²) in [7, 11) is 2.08. The molecule has 1 aromatic carbocycles. The first-order chi connectivity index (χ1) is 8.58. The smallest absolute Gasteiger partial charge is 0.163 e. The zero-order valence-corrected chi connectivity index (χ0v) is 11.7. The Kier molecular flexibility index (Phi) is 5.85. The van der Waals surface area contributed by atoms with E-state index in [4.69, 9.17) is 9.47 Å². The van der Waals surface area contributed by atoms with Gasteiger partial charge in [0.05, 0.1) is 20.0 Å². The first kappa shape index (κ1) is 14.7. The van der Waals surface area contributed by atoms with E-state index in [1.165, 1.54) is 6.26 Å². The van der Waals surface area contributed by atoms with Gasteiger partial charge in [-0.15, -0.1) is 0 Å². The van der Waals surface area contributed by atoms with Crippen LogP contribution in [0.4, 0.5) is 0 Å². The molecular formula is C13H18O4S. The van der Waals surface area contributed by atoms with Crippen molar-refractivity contribution < 1.29 is 18.5 Å². The minimum absolute atomic E-state index is 0.000654. The van der Waals surface area contributed by atoms with Crippen LogP contribution in [0.2, 0.25) is 0 Å². The number of carbonyl (C=O) groups is 1. The quantitative estimate of drug-likeness (QED) is 0.755. The maximum atomic E-state index is 11.5. The van der Waals surface area contributed by atoms with Gasteiger partial charge in [0.2, 0.25) is 0 Å². The second-order valence-corrected chi connectivity index (χ2v) is 5.34. The highest BCUT2D eigenvalue weighted by molar-refractivity contribution is 7.85. The van der Waals surface area contributed by atoms with Crippen LogP contribution in [0, 0.1) is 0 Å². The summed E-state index contributed by atoms with van der Waals surface area (Å²) in [6, 6.07) is 5.57. The molecule has 0 aliphatic carbocycles. The molecule has 0 spiro atoms. The summed E-state index contributed by atoms with van der Waals surface area (Å²) in [5.41, 5.74) is 0.923. The zero-order chi connectivity index (χ0) is 13.5. The number of methoxy groups -OCH3 is 2. The molecule has 0 aliphatic heterocycles. The van der Waals surface area contributed by atoms with Crippen LogP contribution in [0.25, 0.3) is 0 Å². The fourth-order valence-corrected chi connectivity index (χ4v) is 2.32. The minimum Gasteiger partial charge on any atom is -0.493 e. The summed E-state index contributed by atoms with van der Waals surface area (Å²) >= 11 is 0. The van der Waals surface area contributed by atoms with E-state index < -0.39 is 10.8 Å². The van der Waals surface area contributed by atoms with E-state index >= 15 is 0 Å². The largest absolute Gasteiger partial charge is 0.493 e. The van der Waals surface area contributed by atoms with Gasteiger partial charge in [-0.2, -0.15) is 0 Å². The highest BCUT2D eigenvalue weighted by Gasteiger charge is 2.11. The Hall–Kier alpha value is -1.36. The molecule has 1 atom stereocenters. The van der Waals surface area contributed by atoms with Crippen molar-refractivity contribution in [3.05, 3.63) is 23.8 Å². The predicted molar refractivity (Wildman–Crippen MR) is 71.8 cm³/mol. The number of hydrogen-bond donors (Lipinski definition) is 0. The average Bonchev–Trinajstić information content (AvgIpc) is 2.34. The van der Waals surface area contributed by atoms with Gasteiger partial charge in [0.15, 0.2) is 11.5 Å². The standard InChI is InChI=1S/C13H18O4S/c1-16-12-6-4-5-10(13(12)17-2)7-8-11(14)9-18(3)15/h4-6H,7-9H2,1-3H3/t18-/m1/s1. The highest BCUT2D eigenvalue weighted by atomic mass is 32.2. The molecule has 0 unspecified atom stereocenters. The van der Waals surface area contributed by atoms with E-state index in [9.17, 15) is 9.00 Å². The van der Waals surface area contributed by atoms with E-state index in [0.29, 0.717) is 24.3 Å². The number of aryl methyl sites for hydroxylation is 1. The molecule has 100 valence electrons. The molecule has 4 nitrogen and oxygen atoms in total. The lowest BCUT2D eigenvalue weighted by Gasteiger charge is -2.12. The Morgan fingerprint density at radius 1 is 1.28 bits per heavy atom. The lowest BCUT2D eigenvalue weighted by molar-refractivity contribution is -0.116. The zero-order valence-electron chi connectivity index (χ0n) is 10.9. The average molecular weight is 270 g/mol. The second kappa shape index (κ2) is 7.16. The number of para-hydroxylation sites is 1. The predicted octanol–water partition coefficient (Wildman–Crippen LogP) is 1.58. The number of ketones is 1. The molecule has 1 rings (SSSR count). The lowest BCUT2D eigenvalue weighted by Crippen LogP contribution is -2.10. The molecule has 0 radical (unpaired) electrons. The van der Waals surface area contributed by atoms with Crippen molar-refractivity contribution in [2.75, 3.05) is 26.2 Å². The van der Waals surface area contributed by atoms with Crippen molar-refractivity contribution in [1.82, 2.24) is 0 Å². The van der Waals surface area contributed by atoms with Crippen LogP contribution in [0.3, 0.4) is 0 Å². The molecule has 0 saturated carbocycles. The molecule has 0 heterocycles. The molecule has 0 saturated heterocycles. The fourth-order valence-electron chi connectivity index (χ4n) is 1.72. The maximum Gasteiger partial charge on any atom is 0.163 e. The first-order valence-corrected chi connectivity index (χ1v) is 7.32. The monoisotopic (exact) mass is 270 g/mol. The van der Waals surface area contributed by atoms with Gasteiger partial charge in [-0.25, -0.2) is 0 Å². The van der Waals surface area contributed by atoms with Crippen molar-refractivity contribution >= 4 is 16.6 Å². The third-order valence-corrected chi connectivity index (χ3v) is 3.25. The lowest BCUT2D eigenvalue weighted by atomic mass is 10.1. The number of ether oxygens (including phenoxy) is 2. The number of hydrogen-bond acceptors (Lipinski definition) is 4. The molecule has 0 amide bonds. The van der Waals surface area contributed by atoms with E-state index in [0.717, 1.165) is 5.56 Å². The molecule has 0 N–H and O–H groups in total. The van der Waals surface area contributed by atoms with Crippen LogP contribution in [0.5, 0.6) is 11.5 Å². The van der Waals surface area contributed by atoms with Crippen molar-refractivity contribution in [1.29, 1.82) is 0 Å². The summed E-state index contributed by atoms with van der Waals surface area (Å²) < 4.78 is 21.4. The summed E-state index contributed by atoms with van der Waals surface area (Å²) in [4.78, 5) is 11.5. The Morgan fingerprint density at radius 2 is 2.00 bits per heavy atom.